The van der Waals surface area contributed by atoms with E-state index in [9.17, 15) is 8.78 Å². The van der Waals surface area contributed by atoms with Gasteiger partial charge >= 0.3 is 0 Å². The lowest BCUT2D eigenvalue weighted by atomic mass is 9.95. The van der Waals surface area contributed by atoms with Gasteiger partial charge in [-0.25, -0.2) is 8.78 Å². The van der Waals surface area contributed by atoms with Crippen LogP contribution in [0.3, 0.4) is 0 Å². The van der Waals surface area contributed by atoms with Crippen LogP contribution >= 0.6 is 0 Å². The second-order valence-corrected chi connectivity index (χ2v) is 4.90. The van der Waals surface area contributed by atoms with Gasteiger partial charge in [-0.15, -0.1) is 0 Å². The van der Waals surface area contributed by atoms with Crippen molar-refractivity contribution < 1.29 is 13.5 Å². The van der Waals surface area contributed by atoms with Crippen LogP contribution in [0.4, 0.5) is 8.78 Å². The van der Waals surface area contributed by atoms with Gasteiger partial charge in [0, 0.05) is 12.7 Å². The molecule has 1 aliphatic carbocycles. The molecule has 1 aliphatic rings. The Bertz CT molecular complexity index is 432. The molecule has 100 valence electrons. The second kappa shape index (κ2) is 5.33. The summed E-state index contributed by atoms with van der Waals surface area (Å²) < 4.78 is 33.5. The maximum absolute atomic E-state index is 14.1. The Balaban J connectivity index is 2.40. The van der Waals surface area contributed by atoms with E-state index < -0.39 is 17.7 Å². The van der Waals surface area contributed by atoms with E-state index in [1.54, 1.807) is 21.1 Å². The Morgan fingerprint density at radius 3 is 2.50 bits per heavy atom. The molecule has 2 atom stereocenters. The van der Waals surface area contributed by atoms with E-state index in [-0.39, 0.29) is 11.7 Å². The van der Waals surface area contributed by atoms with Gasteiger partial charge < -0.3 is 10.1 Å². The van der Waals surface area contributed by atoms with Crippen LogP contribution in [0.1, 0.15) is 30.0 Å². The number of likely N-dealkylation sites (N-methyl/N-ethyl adjacent to an activating group) is 1. The monoisotopic (exact) mass is 255 g/mol. The fourth-order valence-electron chi connectivity index (χ4n) is 2.46. The molecule has 0 bridgehead atoms. The van der Waals surface area contributed by atoms with Crippen molar-refractivity contribution in [3.63, 3.8) is 0 Å². The molecule has 0 spiro atoms. The third kappa shape index (κ3) is 2.40. The van der Waals surface area contributed by atoms with Gasteiger partial charge in [0.15, 0.2) is 0 Å². The molecule has 0 radical (unpaired) electrons. The van der Waals surface area contributed by atoms with Gasteiger partial charge in [0.1, 0.15) is 11.6 Å². The first-order valence-electron chi connectivity index (χ1n) is 6.24. The highest BCUT2D eigenvalue weighted by molar-refractivity contribution is 5.30. The Morgan fingerprint density at radius 1 is 1.33 bits per heavy atom. The maximum Gasteiger partial charge on any atom is 0.133 e. The Kier molecular flexibility index (Phi) is 3.97. The summed E-state index contributed by atoms with van der Waals surface area (Å²) in [4.78, 5) is 0. The minimum Gasteiger partial charge on any atom is -0.379 e. The quantitative estimate of drug-likeness (QED) is 0.873. The molecule has 0 amide bonds. The Morgan fingerprint density at radius 2 is 2.00 bits per heavy atom. The van der Waals surface area contributed by atoms with Gasteiger partial charge in [0.05, 0.1) is 12.1 Å². The number of aryl methyl sites for hydroxylation is 1. The molecule has 1 saturated carbocycles. The molecule has 1 fully saturated rings. The van der Waals surface area contributed by atoms with Gasteiger partial charge in [-0.3, -0.25) is 0 Å². The van der Waals surface area contributed by atoms with Crippen LogP contribution in [-0.2, 0) is 4.74 Å². The lowest BCUT2D eigenvalue weighted by Gasteiger charge is -2.27. The molecular formula is C14H19F2NO. The Labute approximate surface area is 106 Å². The van der Waals surface area contributed by atoms with Gasteiger partial charge in [-0.05, 0) is 44.4 Å². The number of benzene rings is 1. The van der Waals surface area contributed by atoms with Gasteiger partial charge in [-0.2, -0.15) is 0 Å². The average molecular weight is 255 g/mol. The highest BCUT2D eigenvalue weighted by Gasteiger charge is 2.39. The van der Waals surface area contributed by atoms with Crippen LogP contribution in [-0.4, -0.2) is 20.3 Å². The molecule has 0 heterocycles. The molecule has 1 aromatic carbocycles. The summed E-state index contributed by atoms with van der Waals surface area (Å²) in [5.41, 5.74) is 0.550. The smallest absolute Gasteiger partial charge is 0.133 e. The maximum atomic E-state index is 14.1. The molecule has 18 heavy (non-hydrogen) atoms. The summed E-state index contributed by atoms with van der Waals surface area (Å²) in [5.74, 6) is -0.594. The van der Waals surface area contributed by atoms with E-state index >= 15 is 0 Å². The first-order chi connectivity index (χ1) is 8.60. The molecule has 0 aliphatic heterocycles. The fourth-order valence-corrected chi connectivity index (χ4v) is 2.46. The number of hydrogen-bond acceptors (Lipinski definition) is 2. The highest BCUT2D eigenvalue weighted by Crippen LogP contribution is 2.40. The summed E-state index contributed by atoms with van der Waals surface area (Å²) in [6.07, 6.45) is 1.94. The standard InChI is InChI=1S/C14H19F2NO/c1-8-4-7-10(15)11(12(8)16)13(17-2)14(18-3)9-5-6-9/h4,7,9,13-14,17H,5-6H2,1-3H3. The van der Waals surface area contributed by atoms with Gasteiger partial charge in [-0.1, -0.05) is 6.07 Å². The first kappa shape index (κ1) is 13.4. The highest BCUT2D eigenvalue weighted by atomic mass is 19.1. The topological polar surface area (TPSA) is 21.3 Å². The van der Waals surface area contributed by atoms with Crippen molar-refractivity contribution in [3.05, 3.63) is 34.9 Å². The number of methoxy groups -OCH3 is 1. The molecule has 4 heteroatoms. The molecule has 0 saturated heterocycles. The van der Waals surface area contributed by atoms with Crippen molar-refractivity contribution in [1.29, 1.82) is 0 Å². The number of halogens is 2. The largest absolute Gasteiger partial charge is 0.379 e. The second-order valence-electron chi connectivity index (χ2n) is 4.90. The first-order valence-corrected chi connectivity index (χ1v) is 6.24. The molecule has 1 N–H and O–H groups in total. The van der Waals surface area contributed by atoms with E-state index in [0.717, 1.165) is 12.8 Å². The van der Waals surface area contributed by atoms with Crippen molar-refractivity contribution in [2.45, 2.75) is 31.9 Å². The minimum atomic E-state index is -0.514. The predicted octanol–water partition coefficient (Wildman–Crippen LogP) is 2.96. The van der Waals surface area contributed by atoms with Crippen LogP contribution in [0.25, 0.3) is 0 Å². The molecule has 2 nitrogen and oxygen atoms in total. The predicted molar refractivity (Wildman–Crippen MR) is 66.4 cm³/mol. The van der Waals surface area contributed by atoms with Crippen LogP contribution in [0.2, 0.25) is 0 Å². The van der Waals surface area contributed by atoms with E-state index in [0.29, 0.717) is 11.5 Å². The number of hydrogen-bond donors (Lipinski definition) is 1. The third-order valence-corrected chi connectivity index (χ3v) is 3.63. The molecule has 2 unspecified atom stereocenters. The average Bonchev–Trinajstić information content (AvgIpc) is 3.17. The van der Waals surface area contributed by atoms with Gasteiger partial charge in [0.25, 0.3) is 0 Å². The van der Waals surface area contributed by atoms with Crippen molar-refractivity contribution >= 4 is 0 Å². The summed E-state index contributed by atoms with van der Waals surface area (Å²) in [7, 11) is 3.30. The van der Waals surface area contributed by atoms with Crippen molar-refractivity contribution in [2.75, 3.05) is 14.2 Å². The molecule has 0 aromatic heterocycles. The van der Waals surface area contributed by atoms with Crippen LogP contribution in [0, 0.1) is 24.5 Å². The fraction of sp³-hybridized carbons (Fsp3) is 0.571. The zero-order valence-electron chi connectivity index (χ0n) is 11.0. The SMILES string of the molecule is CNC(c1c(F)ccc(C)c1F)C(OC)C1CC1. The van der Waals surface area contributed by atoms with E-state index in [1.165, 1.54) is 12.1 Å². The molecule has 2 rings (SSSR count). The summed E-state index contributed by atoms with van der Waals surface area (Å²) >= 11 is 0. The van der Waals surface area contributed by atoms with E-state index in [1.807, 2.05) is 0 Å². The van der Waals surface area contributed by atoms with Crippen LogP contribution < -0.4 is 5.32 Å². The normalized spacial score (nSPS) is 18.7. The Hall–Kier alpha value is -1.00. The number of rotatable bonds is 5. The van der Waals surface area contributed by atoms with Crippen molar-refractivity contribution in [3.8, 4) is 0 Å². The van der Waals surface area contributed by atoms with Crippen LogP contribution in [0.15, 0.2) is 12.1 Å². The van der Waals surface area contributed by atoms with E-state index in [2.05, 4.69) is 5.32 Å². The molecule has 1 aromatic rings. The van der Waals surface area contributed by atoms with Crippen molar-refractivity contribution in [2.24, 2.45) is 5.92 Å². The number of ether oxygens (including phenoxy) is 1. The number of nitrogens with one attached hydrogen (secondary N) is 1. The third-order valence-electron chi connectivity index (χ3n) is 3.63. The zero-order chi connectivity index (χ0) is 13.3. The van der Waals surface area contributed by atoms with Gasteiger partial charge in [0.2, 0.25) is 0 Å². The lowest BCUT2D eigenvalue weighted by Crippen LogP contribution is -2.34. The summed E-state index contributed by atoms with van der Waals surface area (Å²) in [5, 5.41) is 2.99. The lowest BCUT2D eigenvalue weighted by molar-refractivity contribution is 0.0508. The minimum absolute atomic E-state index is 0.0937. The van der Waals surface area contributed by atoms with E-state index in [4.69, 9.17) is 4.74 Å². The zero-order valence-corrected chi connectivity index (χ0v) is 11.0. The summed E-state index contributed by atoms with van der Waals surface area (Å²) in [6.45, 7) is 1.64. The summed E-state index contributed by atoms with van der Waals surface area (Å²) in [6, 6.07) is 2.33. The van der Waals surface area contributed by atoms with Crippen molar-refractivity contribution in [1.82, 2.24) is 5.32 Å². The van der Waals surface area contributed by atoms with Crippen LogP contribution in [0.5, 0.6) is 0 Å². The molecular weight excluding hydrogens is 236 g/mol.